The average molecular weight is 567 g/mol. The molecule has 4 rings (SSSR count). The van der Waals surface area contributed by atoms with Crippen LogP contribution in [0.25, 0.3) is 0 Å². The summed E-state index contributed by atoms with van der Waals surface area (Å²) in [6, 6.07) is 17.7. The summed E-state index contributed by atoms with van der Waals surface area (Å²) >= 11 is 5.99. The van der Waals surface area contributed by atoms with Gasteiger partial charge in [-0.2, -0.15) is 0 Å². The lowest BCUT2D eigenvalue weighted by Crippen LogP contribution is -2.48. The van der Waals surface area contributed by atoms with Gasteiger partial charge >= 0.3 is 12.0 Å². The number of carboxylic acid groups (broad SMARTS) is 1. The Morgan fingerprint density at radius 3 is 1.93 bits per heavy atom. The third-order valence-electron chi connectivity index (χ3n) is 7.32. The monoisotopic (exact) mass is 566 g/mol. The van der Waals surface area contributed by atoms with Crippen LogP contribution in [0.4, 0.5) is 10.5 Å². The Labute approximate surface area is 239 Å². The van der Waals surface area contributed by atoms with E-state index in [9.17, 15) is 14.7 Å². The molecule has 212 valence electrons. The lowest BCUT2D eigenvalue weighted by molar-refractivity contribution is -0.0309. The number of aromatic carboxylic acids is 1. The third kappa shape index (κ3) is 7.90. The highest BCUT2D eigenvalue weighted by Gasteiger charge is 2.35. The van der Waals surface area contributed by atoms with Crippen molar-refractivity contribution >= 4 is 29.3 Å². The number of anilines is 1. The molecule has 1 aliphatic rings. The van der Waals surface area contributed by atoms with Crippen LogP contribution in [-0.4, -0.2) is 45.8 Å². The smallest absolute Gasteiger partial charge is 0.335 e. The summed E-state index contributed by atoms with van der Waals surface area (Å²) in [5.41, 5.74) is -0.128. The van der Waals surface area contributed by atoms with E-state index in [1.54, 1.807) is 59.5 Å². The van der Waals surface area contributed by atoms with Crippen LogP contribution in [0.5, 0.6) is 23.0 Å². The minimum atomic E-state index is -1.03. The van der Waals surface area contributed by atoms with Crippen molar-refractivity contribution in [2.75, 3.05) is 18.4 Å². The topological polar surface area (TPSA) is 108 Å². The molecule has 3 aromatic carbocycles. The fraction of sp³-hybridized carbons (Fsp3) is 0.355. The molecule has 0 aliphatic carbocycles. The maximum Gasteiger partial charge on any atom is 0.335 e. The summed E-state index contributed by atoms with van der Waals surface area (Å²) < 4.78 is 12.0. The maximum atomic E-state index is 13.2. The van der Waals surface area contributed by atoms with E-state index < -0.39 is 11.6 Å². The molecular formula is C31H35ClN2O6. The van der Waals surface area contributed by atoms with E-state index >= 15 is 0 Å². The van der Waals surface area contributed by atoms with Crippen molar-refractivity contribution in [2.45, 2.75) is 51.6 Å². The minimum absolute atomic E-state index is 0.147. The lowest BCUT2D eigenvalue weighted by Gasteiger charge is -2.39. The van der Waals surface area contributed by atoms with Crippen molar-refractivity contribution in [3.05, 3.63) is 77.3 Å². The molecule has 3 aromatic rings. The number of likely N-dealkylation sites (tertiary alicyclic amines) is 1. The number of hydrogen-bond donors (Lipinski definition) is 3. The molecule has 2 amide bonds. The number of carboxylic acids is 1. The second-order valence-electron chi connectivity index (χ2n) is 10.2. The molecule has 1 heterocycles. The van der Waals surface area contributed by atoms with Gasteiger partial charge in [0.2, 0.25) is 0 Å². The first-order valence-corrected chi connectivity index (χ1v) is 13.9. The van der Waals surface area contributed by atoms with E-state index in [1.165, 1.54) is 12.1 Å². The Bertz CT molecular complexity index is 1300. The van der Waals surface area contributed by atoms with E-state index in [2.05, 4.69) is 19.2 Å². The predicted molar refractivity (Wildman–Crippen MR) is 155 cm³/mol. The van der Waals surface area contributed by atoms with Gasteiger partial charge < -0.3 is 29.9 Å². The first-order valence-electron chi connectivity index (χ1n) is 13.5. The normalized spacial score (nSPS) is 14.6. The van der Waals surface area contributed by atoms with Crippen LogP contribution in [0.2, 0.25) is 5.02 Å². The number of nitrogens with one attached hydrogen (secondary N) is 1. The number of piperidine rings is 1. The Balaban J connectivity index is 1.49. The standard InChI is InChI=1S/C31H35ClN2O6/c1-3-21(4-2)20-31(38)13-15-34(16-14-31)30(37)33-24-17-27(39-25-9-5-22(6-10-25)29(35)36)19-28(18-24)40-26-11-7-23(32)8-12-26/h5-12,17-19,21,38H,3-4,13-16,20H2,1-2H3,(H,33,37)(H,35,36). The summed E-state index contributed by atoms with van der Waals surface area (Å²) in [5, 5.41) is 23.7. The number of amides is 2. The SMILES string of the molecule is CCC(CC)CC1(O)CCN(C(=O)Nc2cc(Oc3ccc(Cl)cc3)cc(Oc3ccc(C(=O)O)cc3)c2)CC1. The molecule has 0 atom stereocenters. The number of carbonyl (C=O) groups is 2. The summed E-state index contributed by atoms with van der Waals surface area (Å²) in [5.74, 6) is 1.25. The van der Waals surface area contributed by atoms with Crippen molar-refractivity contribution in [2.24, 2.45) is 5.92 Å². The van der Waals surface area contributed by atoms with Crippen LogP contribution in [0.1, 0.15) is 56.3 Å². The molecule has 0 bridgehead atoms. The number of aliphatic hydroxyl groups is 1. The third-order valence-corrected chi connectivity index (χ3v) is 7.57. The molecular weight excluding hydrogens is 532 g/mol. The Morgan fingerprint density at radius 2 is 1.43 bits per heavy atom. The quantitative estimate of drug-likeness (QED) is 0.231. The first kappa shape index (κ1) is 29.2. The highest BCUT2D eigenvalue weighted by molar-refractivity contribution is 6.30. The van der Waals surface area contributed by atoms with Crippen molar-refractivity contribution in [3.63, 3.8) is 0 Å². The molecule has 0 unspecified atom stereocenters. The Hall–Kier alpha value is -3.75. The summed E-state index contributed by atoms with van der Waals surface area (Å²) in [7, 11) is 0. The molecule has 9 heteroatoms. The number of benzene rings is 3. The number of halogens is 1. The van der Waals surface area contributed by atoms with E-state index in [1.807, 2.05) is 0 Å². The van der Waals surface area contributed by atoms with E-state index in [0.29, 0.717) is 65.6 Å². The summed E-state index contributed by atoms with van der Waals surface area (Å²) in [4.78, 5) is 26.1. The second-order valence-corrected chi connectivity index (χ2v) is 10.6. The number of ether oxygens (including phenoxy) is 2. The largest absolute Gasteiger partial charge is 0.478 e. The van der Waals surface area contributed by atoms with E-state index in [-0.39, 0.29) is 11.6 Å². The number of rotatable bonds is 10. The van der Waals surface area contributed by atoms with Gasteiger partial charge in [0.1, 0.15) is 23.0 Å². The van der Waals surface area contributed by atoms with Crippen LogP contribution in [-0.2, 0) is 0 Å². The van der Waals surface area contributed by atoms with E-state index in [0.717, 1.165) is 19.3 Å². The molecule has 1 fully saturated rings. The van der Waals surface area contributed by atoms with E-state index in [4.69, 9.17) is 26.2 Å². The fourth-order valence-corrected chi connectivity index (χ4v) is 4.98. The van der Waals surface area contributed by atoms with Crippen molar-refractivity contribution < 1.29 is 29.3 Å². The van der Waals surface area contributed by atoms with Gasteiger partial charge in [0, 0.05) is 42.0 Å². The number of carbonyl (C=O) groups excluding carboxylic acids is 1. The van der Waals surface area contributed by atoms with Crippen LogP contribution in [0, 0.1) is 5.92 Å². The molecule has 40 heavy (non-hydrogen) atoms. The summed E-state index contributed by atoms with van der Waals surface area (Å²) in [6.45, 7) is 5.22. The molecule has 1 saturated heterocycles. The number of hydrogen-bond acceptors (Lipinski definition) is 5. The van der Waals surface area contributed by atoms with Gasteiger partial charge in [-0.05, 0) is 73.7 Å². The zero-order valence-corrected chi connectivity index (χ0v) is 23.5. The molecule has 0 spiro atoms. The van der Waals surface area contributed by atoms with Gasteiger partial charge in [-0.3, -0.25) is 0 Å². The number of urea groups is 1. The fourth-order valence-electron chi connectivity index (χ4n) is 4.85. The Morgan fingerprint density at radius 1 is 0.900 bits per heavy atom. The zero-order chi connectivity index (χ0) is 28.7. The highest BCUT2D eigenvalue weighted by atomic mass is 35.5. The van der Waals surface area contributed by atoms with Gasteiger partial charge in [-0.15, -0.1) is 0 Å². The molecule has 1 aliphatic heterocycles. The molecule has 3 N–H and O–H groups in total. The average Bonchev–Trinajstić information content (AvgIpc) is 2.93. The zero-order valence-electron chi connectivity index (χ0n) is 22.7. The Kier molecular flexibility index (Phi) is 9.55. The van der Waals surface area contributed by atoms with Crippen LogP contribution < -0.4 is 14.8 Å². The van der Waals surface area contributed by atoms with Gasteiger partial charge in [0.05, 0.1) is 11.2 Å². The molecule has 0 saturated carbocycles. The van der Waals surface area contributed by atoms with Gasteiger partial charge in [-0.25, -0.2) is 9.59 Å². The van der Waals surface area contributed by atoms with Gasteiger partial charge in [0.15, 0.2) is 0 Å². The molecule has 0 radical (unpaired) electrons. The van der Waals surface area contributed by atoms with Crippen molar-refractivity contribution in [1.29, 1.82) is 0 Å². The van der Waals surface area contributed by atoms with Gasteiger partial charge in [0.25, 0.3) is 0 Å². The summed E-state index contributed by atoms with van der Waals surface area (Å²) in [6.07, 6.45) is 3.90. The molecule has 0 aromatic heterocycles. The number of nitrogens with zero attached hydrogens (tertiary/aromatic N) is 1. The van der Waals surface area contributed by atoms with Crippen LogP contribution >= 0.6 is 11.6 Å². The predicted octanol–water partition coefficient (Wildman–Crippen LogP) is 7.81. The van der Waals surface area contributed by atoms with Crippen LogP contribution in [0.15, 0.2) is 66.7 Å². The molecule has 8 nitrogen and oxygen atoms in total. The van der Waals surface area contributed by atoms with Crippen molar-refractivity contribution in [3.8, 4) is 23.0 Å². The highest BCUT2D eigenvalue weighted by Crippen LogP contribution is 2.34. The second kappa shape index (κ2) is 13.1. The van der Waals surface area contributed by atoms with Crippen LogP contribution in [0.3, 0.4) is 0 Å². The minimum Gasteiger partial charge on any atom is -0.478 e. The first-order chi connectivity index (χ1) is 19.2. The lowest BCUT2D eigenvalue weighted by atomic mass is 9.81. The maximum absolute atomic E-state index is 13.2. The van der Waals surface area contributed by atoms with Crippen molar-refractivity contribution in [1.82, 2.24) is 4.90 Å². The van der Waals surface area contributed by atoms with Gasteiger partial charge in [-0.1, -0.05) is 38.3 Å².